The summed E-state index contributed by atoms with van der Waals surface area (Å²) in [6.45, 7) is 3.46. The van der Waals surface area contributed by atoms with Gasteiger partial charge in [-0.05, 0) is 76.9 Å². The second kappa shape index (κ2) is 11.3. The lowest BCUT2D eigenvalue weighted by molar-refractivity contribution is -0.150. The molecule has 33 heavy (non-hydrogen) atoms. The summed E-state index contributed by atoms with van der Waals surface area (Å²) in [6.07, 6.45) is 3.62. The smallest absolute Gasteiger partial charge is 0.326 e. The second-order valence-electron chi connectivity index (χ2n) is 7.12. The van der Waals surface area contributed by atoms with Crippen molar-refractivity contribution in [1.82, 2.24) is 9.88 Å². The molecule has 0 aliphatic carbocycles. The molecule has 2 heterocycles. The van der Waals surface area contributed by atoms with Gasteiger partial charge in [0.15, 0.2) is 11.5 Å². The Morgan fingerprint density at radius 2 is 2.09 bits per heavy atom. The molecule has 1 aliphatic rings. The summed E-state index contributed by atoms with van der Waals surface area (Å²) in [5, 5.41) is -0.520. The number of carbonyl (C=O) groups is 3. The monoisotopic (exact) mass is 534 g/mol. The highest BCUT2D eigenvalue weighted by molar-refractivity contribution is 9.10. The number of benzene rings is 1. The quantitative estimate of drug-likeness (QED) is 0.334. The molecule has 1 aliphatic heterocycles. The third-order valence-electron chi connectivity index (χ3n) is 4.71. The second-order valence-corrected chi connectivity index (χ2v) is 8.97. The molecule has 1 atom stereocenters. The number of esters is 1. The number of carbonyl (C=O) groups excluding carboxylic acids is 3. The number of amides is 2. The summed E-state index contributed by atoms with van der Waals surface area (Å²) in [5.41, 5.74) is 1.38. The Labute approximate surface area is 204 Å². The van der Waals surface area contributed by atoms with Crippen LogP contribution in [0, 0.1) is 0 Å². The molecule has 174 valence electrons. The van der Waals surface area contributed by atoms with Crippen molar-refractivity contribution in [2.24, 2.45) is 0 Å². The maximum Gasteiger partial charge on any atom is 0.326 e. The molecule has 0 spiro atoms. The van der Waals surface area contributed by atoms with Crippen LogP contribution in [0.5, 0.6) is 11.5 Å². The van der Waals surface area contributed by atoms with Gasteiger partial charge in [-0.25, -0.2) is 0 Å². The minimum atomic E-state index is -0.619. The first-order valence-corrected chi connectivity index (χ1v) is 11.8. The van der Waals surface area contributed by atoms with Crippen molar-refractivity contribution < 1.29 is 28.6 Å². The predicted octanol–water partition coefficient (Wildman–Crippen LogP) is 4.81. The Balaban J connectivity index is 1.75. The van der Waals surface area contributed by atoms with Crippen molar-refractivity contribution in [1.29, 1.82) is 0 Å². The molecule has 0 saturated carbocycles. The third kappa shape index (κ3) is 6.35. The zero-order chi connectivity index (χ0) is 24.0. The van der Waals surface area contributed by atoms with Crippen LogP contribution in [-0.2, 0) is 20.9 Å². The topological polar surface area (TPSA) is 95.0 Å². The number of nitrogens with zero attached hydrogens (tertiary/aromatic N) is 2. The van der Waals surface area contributed by atoms with E-state index in [1.165, 1.54) is 7.11 Å². The molecule has 1 aromatic carbocycles. The van der Waals surface area contributed by atoms with Crippen LogP contribution in [0.15, 0.2) is 45.9 Å². The van der Waals surface area contributed by atoms with Gasteiger partial charge >= 0.3 is 5.97 Å². The fourth-order valence-corrected chi connectivity index (χ4v) is 4.27. The maximum absolute atomic E-state index is 12.7. The van der Waals surface area contributed by atoms with E-state index in [0.717, 1.165) is 22.4 Å². The van der Waals surface area contributed by atoms with Crippen LogP contribution < -0.4 is 9.47 Å². The van der Waals surface area contributed by atoms with Crippen LogP contribution in [0.4, 0.5) is 4.79 Å². The summed E-state index contributed by atoms with van der Waals surface area (Å²) >= 11 is 4.25. The van der Waals surface area contributed by atoms with E-state index in [1.807, 2.05) is 25.1 Å². The molecule has 1 aromatic heterocycles. The first-order chi connectivity index (χ1) is 15.8. The summed E-state index contributed by atoms with van der Waals surface area (Å²) in [6, 6.07) is 9.00. The number of methoxy groups -OCH3 is 1. The van der Waals surface area contributed by atoms with E-state index in [4.69, 9.17) is 14.2 Å². The van der Waals surface area contributed by atoms with Crippen LogP contribution in [0.25, 0.3) is 6.08 Å². The molecular weight excluding hydrogens is 512 g/mol. The van der Waals surface area contributed by atoms with Gasteiger partial charge in [0.1, 0.15) is 13.2 Å². The standard InChI is InChI=1S/C23H23BrN2O6S/c1-4-14(2)32-20(27)12-26-22(28)19(33-23(26)29)11-15-9-17(24)21(18(10-15)30-3)31-13-16-7-5-6-8-25-16/h5-11,14H,4,12-13H2,1-3H3/b19-11+/t14-/m1/s1. The summed E-state index contributed by atoms with van der Waals surface area (Å²) in [7, 11) is 1.51. The fraction of sp³-hybridized carbons (Fsp3) is 0.304. The summed E-state index contributed by atoms with van der Waals surface area (Å²) < 4.78 is 17.1. The molecule has 3 rings (SSSR count). The molecule has 1 fully saturated rings. The van der Waals surface area contributed by atoms with Gasteiger partial charge in [-0.3, -0.25) is 24.3 Å². The van der Waals surface area contributed by atoms with Gasteiger partial charge in [-0.15, -0.1) is 0 Å². The minimum Gasteiger partial charge on any atom is -0.493 e. The van der Waals surface area contributed by atoms with Gasteiger partial charge in [-0.1, -0.05) is 13.0 Å². The SMILES string of the molecule is CC[C@@H](C)OC(=O)CN1C(=O)S/C(=C/c2cc(Br)c(OCc3ccccn3)c(OC)c2)C1=O. The van der Waals surface area contributed by atoms with E-state index >= 15 is 0 Å². The Kier molecular flexibility index (Phi) is 8.51. The zero-order valence-corrected chi connectivity index (χ0v) is 20.8. The first kappa shape index (κ1) is 24.8. The lowest BCUT2D eigenvalue weighted by Gasteiger charge is -2.15. The minimum absolute atomic E-state index is 0.201. The summed E-state index contributed by atoms with van der Waals surface area (Å²) in [4.78, 5) is 42.3. The number of halogens is 1. The molecular formula is C23H23BrN2O6S. The van der Waals surface area contributed by atoms with Gasteiger partial charge in [0, 0.05) is 6.20 Å². The lowest BCUT2D eigenvalue weighted by Crippen LogP contribution is -2.35. The van der Waals surface area contributed by atoms with Crippen LogP contribution in [0.3, 0.4) is 0 Å². The molecule has 0 unspecified atom stereocenters. The van der Waals surface area contributed by atoms with Crippen molar-refractivity contribution in [3.05, 3.63) is 57.2 Å². The number of hydrogen-bond acceptors (Lipinski definition) is 8. The molecule has 1 saturated heterocycles. The van der Waals surface area contributed by atoms with Crippen LogP contribution >= 0.6 is 27.7 Å². The number of ether oxygens (including phenoxy) is 3. The Bertz CT molecular complexity index is 1080. The number of hydrogen-bond donors (Lipinski definition) is 0. The highest BCUT2D eigenvalue weighted by Crippen LogP contribution is 2.39. The highest BCUT2D eigenvalue weighted by Gasteiger charge is 2.37. The zero-order valence-electron chi connectivity index (χ0n) is 18.4. The molecule has 8 nitrogen and oxygen atoms in total. The number of rotatable bonds is 9. The van der Waals surface area contributed by atoms with Crippen molar-refractivity contribution >= 4 is 50.9 Å². The largest absolute Gasteiger partial charge is 0.493 e. The van der Waals surface area contributed by atoms with Crippen LogP contribution in [0.1, 0.15) is 31.5 Å². The number of imide groups is 1. The van der Waals surface area contributed by atoms with Gasteiger partial charge in [-0.2, -0.15) is 0 Å². The van der Waals surface area contributed by atoms with Gasteiger partial charge < -0.3 is 14.2 Å². The molecule has 2 aromatic rings. The average Bonchev–Trinajstić information content (AvgIpc) is 3.05. The molecule has 10 heteroatoms. The Morgan fingerprint density at radius 3 is 2.76 bits per heavy atom. The molecule has 2 amide bonds. The van der Waals surface area contributed by atoms with Gasteiger partial charge in [0.25, 0.3) is 11.1 Å². The molecule has 0 N–H and O–H groups in total. The van der Waals surface area contributed by atoms with E-state index in [1.54, 1.807) is 31.3 Å². The first-order valence-electron chi connectivity index (χ1n) is 10.2. The normalized spacial score (nSPS) is 15.6. The van der Waals surface area contributed by atoms with Crippen molar-refractivity contribution in [3.63, 3.8) is 0 Å². The van der Waals surface area contributed by atoms with Gasteiger partial charge in [0.05, 0.1) is 28.3 Å². The maximum atomic E-state index is 12.7. The Morgan fingerprint density at radius 1 is 1.30 bits per heavy atom. The van der Waals surface area contributed by atoms with E-state index in [9.17, 15) is 14.4 Å². The fourth-order valence-electron chi connectivity index (χ4n) is 2.85. The number of aromatic nitrogens is 1. The van der Waals surface area contributed by atoms with Crippen molar-refractivity contribution in [3.8, 4) is 11.5 Å². The van der Waals surface area contributed by atoms with Gasteiger partial charge in [0.2, 0.25) is 0 Å². The summed E-state index contributed by atoms with van der Waals surface area (Å²) in [5.74, 6) is -0.229. The van der Waals surface area contributed by atoms with Crippen LogP contribution in [0.2, 0.25) is 0 Å². The lowest BCUT2D eigenvalue weighted by atomic mass is 10.2. The average molecular weight is 535 g/mol. The van der Waals surface area contributed by atoms with Crippen molar-refractivity contribution in [2.75, 3.05) is 13.7 Å². The van der Waals surface area contributed by atoms with Crippen LogP contribution in [-0.4, -0.2) is 46.8 Å². The highest BCUT2D eigenvalue weighted by atomic mass is 79.9. The third-order valence-corrected chi connectivity index (χ3v) is 6.20. The van der Waals surface area contributed by atoms with Crippen molar-refractivity contribution in [2.45, 2.75) is 33.0 Å². The van der Waals surface area contributed by atoms with E-state index in [-0.39, 0.29) is 17.6 Å². The van der Waals surface area contributed by atoms with E-state index in [0.29, 0.717) is 28.0 Å². The molecule has 0 radical (unpaired) electrons. The van der Waals surface area contributed by atoms with E-state index in [2.05, 4.69) is 20.9 Å². The number of pyridine rings is 1. The number of thioether (sulfide) groups is 1. The Hall–Kier alpha value is -2.85. The van der Waals surface area contributed by atoms with E-state index < -0.39 is 23.7 Å². The molecule has 0 bridgehead atoms. The predicted molar refractivity (Wildman–Crippen MR) is 128 cm³/mol.